The summed E-state index contributed by atoms with van der Waals surface area (Å²) in [4.78, 5) is 6.03. The van der Waals surface area contributed by atoms with Crippen LogP contribution in [0.5, 0.6) is 0 Å². The highest BCUT2D eigenvalue weighted by Crippen LogP contribution is 2.25. The van der Waals surface area contributed by atoms with E-state index in [-0.39, 0.29) is 5.02 Å². The van der Waals surface area contributed by atoms with Crippen molar-refractivity contribution in [1.29, 1.82) is 0 Å². The van der Waals surface area contributed by atoms with Crippen molar-refractivity contribution in [3.8, 4) is 0 Å². The van der Waals surface area contributed by atoms with Crippen LogP contribution in [0.4, 0.5) is 10.2 Å². The first-order valence-electron chi connectivity index (χ1n) is 5.55. The number of nitrogens with zero attached hydrogens (tertiary/aromatic N) is 2. The van der Waals surface area contributed by atoms with Crippen LogP contribution in [0, 0.1) is 5.95 Å². The Morgan fingerprint density at radius 2 is 2.00 bits per heavy atom. The number of halogens is 2. The summed E-state index contributed by atoms with van der Waals surface area (Å²) in [6, 6.07) is 4.41. The lowest BCUT2D eigenvalue weighted by molar-refractivity contribution is 0.461. The number of rotatable bonds is 1. The molecule has 3 nitrogen and oxygen atoms in total. The third kappa shape index (κ3) is 1.76. The van der Waals surface area contributed by atoms with Gasteiger partial charge in [-0.05, 0) is 25.0 Å². The molecule has 3 rings (SSSR count). The molecule has 0 saturated carbocycles. The average molecular weight is 242 g/mol. The van der Waals surface area contributed by atoms with Crippen LogP contribution in [0.15, 0.2) is 12.1 Å². The molecule has 2 bridgehead atoms. The van der Waals surface area contributed by atoms with Crippen LogP contribution in [0.25, 0.3) is 0 Å². The maximum atomic E-state index is 13.3. The first-order chi connectivity index (χ1) is 7.72. The van der Waals surface area contributed by atoms with Crippen LogP contribution < -0.4 is 10.2 Å². The summed E-state index contributed by atoms with van der Waals surface area (Å²) in [6.45, 7) is 1.81. The molecule has 3 heterocycles. The number of hydrogen-bond donors (Lipinski definition) is 1. The van der Waals surface area contributed by atoms with E-state index in [1.165, 1.54) is 12.8 Å². The van der Waals surface area contributed by atoms with Crippen molar-refractivity contribution in [1.82, 2.24) is 10.3 Å². The minimum atomic E-state index is -0.579. The van der Waals surface area contributed by atoms with Crippen molar-refractivity contribution in [3.05, 3.63) is 23.1 Å². The van der Waals surface area contributed by atoms with Gasteiger partial charge in [-0.1, -0.05) is 11.6 Å². The average Bonchev–Trinajstić information content (AvgIpc) is 2.62. The fraction of sp³-hybridized carbons (Fsp3) is 0.545. The number of hydrogen-bond acceptors (Lipinski definition) is 3. The van der Waals surface area contributed by atoms with E-state index in [1.807, 2.05) is 0 Å². The van der Waals surface area contributed by atoms with Gasteiger partial charge in [0.25, 0.3) is 0 Å². The fourth-order valence-electron chi connectivity index (χ4n) is 2.57. The van der Waals surface area contributed by atoms with E-state index in [1.54, 1.807) is 12.1 Å². The lowest BCUT2D eigenvalue weighted by Gasteiger charge is -2.33. The van der Waals surface area contributed by atoms with Crippen LogP contribution in [0.3, 0.4) is 0 Å². The maximum absolute atomic E-state index is 13.3. The van der Waals surface area contributed by atoms with Gasteiger partial charge in [-0.15, -0.1) is 0 Å². The SMILES string of the molecule is Fc1nc(N2CC3CC[C@H](C2)N3)ccc1Cl. The van der Waals surface area contributed by atoms with Crippen LogP contribution in [0.1, 0.15) is 12.8 Å². The molecule has 0 radical (unpaired) electrons. The molecule has 1 aromatic heterocycles. The van der Waals surface area contributed by atoms with E-state index in [4.69, 9.17) is 11.6 Å². The van der Waals surface area contributed by atoms with E-state index in [2.05, 4.69) is 15.2 Å². The molecule has 1 aromatic rings. The summed E-state index contributed by atoms with van der Waals surface area (Å²) in [5.41, 5.74) is 0. The summed E-state index contributed by atoms with van der Waals surface area (Å²) < 4.78 is 13.3. The highest BCUT2D eigenvalue weighted by atomic mass is 35.5. The Bertz CT molecular complexity index is 400. The second-order valence-corrected chi connectivity index (χ2v) is 4.89. The first-order valence-corrected chi connectivity index (χ1v) is 5.93. The highest BCUT2D eigenvalue weighted by molar-refractivity contribution is 6.30. The Balaban J connectivity index is 1.84. The summed E-state index contributed by atoms with van der Waals surface area (Å²) >= 11 is 5.62. The Morgan fingerprint density at radius 3 is 2.62 bits per heavy atom. The molecule has 5 heteroatoms. The molecule has 2 aliphatic rings. The van der Waals surface area contributed by atoms with E-state index in [9.17, 15) is 4.39 Å². The Labute approximate surface area is 98.6 Å². The van der Waals surface area contributed by atoms with Crippen LogP contribution in [0.2, 0.25) is 5.02 Å². The Kier molecular flexibility index (Phi) is 2.48. The van der Waals surface area contributed by atoms with E-state index in [0.717, 1.165) is 13.1 Å². The van der Waals surface area contributed by atoms with Crippen molar-refractivity contribution in [2.75, 3.05) is 18.0 Å². The van der Waals surface area contributed by atoms with Crippen LogP contribution in [-0.2, 0) is 0 Å². The van der Waals surface area contributed by atoms with E-state index in [0.29, 0.717) is 17.9 Å². The number of nitrogens with one attached hydrogen (secondary N) is 1. The normalized spacial score (nSPS) is 28.5. The molecule has 2 atom stereocenters. The van der Waals surface area contributed by atoms with Gasteiger partial charge in [-0.25, -0.2) is 4.98 Å². The second-order valence-electron chi connectivity index (χ2n) is 4.48. The molecule has 86 valence electrons. The third-order valence-electron chi connectivity index (χ3n) is 3.33. The lowest BCUT2D eigenvalue weighted by Crippen LogP contribution is -2.51. The second kappa shape index (κ2) is 3.86. The van der Waals surface area contributed by atoms with Crippen molar-refractivity contribution in [2.24, 2.45) is 0 Å². The van der Waals surface area contributed by atoms with Gasteiger partial charge >= 0.3 is 0 Å². The zero-order valence-electron chi connectivity index (χ0n) is 8.79. The fourth-order valence-corrected chi connectivity index (χ4v) is 2.67. The van der Waals surface area contributed by atoms with Gasteiger partial charge in [0, 0.05) is 25.2 Å². The standard InChI is InChI=1S/C11H13ClFN3/c12-9-3-4-10(15-11(9)13)16-5-7-1-2-8(6-16)14-7/h3-4,7-8,14H,1-2,5-6H2/t7-,8?/m1/s1. The molecule has 0 spiro atoms. The zero-order chi connectivity index (χ0) is 11.1. The van der Waals surface area contributed by atoms with Gasteiger partial charge in [0.1, 0.15) is 5.82 Å². The van der Waals surface area contributed by atoms with Crippen molar-refractivity contribution in [2.45, 2.75) is 24.9 Å². The quantitative estimate of drug-likeness (QED) is 0.761. The predicted octanol–water partition coefficient (Wildman–Crippen LogP) is 1.81. The van der Waals surface area contributed by atoms with Crippen molar-refractivity contribution < 1.29 is 4.39 Å². The maximum Gasteiger partial charge on any atom is 0.233 e. The number of pyridine rings is 1. The number of fused-ring (bicyclic) bond motifs is 2. The lowest BCUT2D eigenvalue weighted by atomic mass is 10.2. The van der Waals surface area contributed by atoms with Gasteiger partial charge < -0.3 is 10.2 Å². The van der Waals surface area contributed by atoms with Gasteiger partial charge in [-0.3, -0.25) is 0 Å². The summed E-state index contributed by atoms with van der Waals surface area (Å²) in [7, 11) is 0. The van der Waals surface area contributed by atoms with Gasteiger partial charge in [-0.2, -0.15) is 4.39 Å². The molecule has 1 unspecified atom stereocenters. The third-order valence-corrected chi connectivity index (χ3v) is 3.61. The summed E-state index contributed by atoms with van der Waals surface area (Å²) in [6.07, 6.45) is 2.41. The first kappa shape index (κ1) is 10.3. The smallest absolute Gasteiger partial charge is 0.233 e. The topological polar surface area (TPSA) is 28.2 Å². The Morgan fingerprint density at radius 1 is 1.31 bits per heavy atom. The van der Waals surface area contributed by atoms with Gasteiger partial charge in [0.2, 0.25) is 5.95 Å². The molecule has 0 aromatic carbocycles. The summed E-state index contributed by atoms with van der Waals surface area (Å²) in [5, 5.41) is 3.61. The van der Waals surface area contributed by atoms with Crippen molar-refractivity contribution in [3.63, 3.8) is 0 Å². The van der Waals surface area contributed by atoms with E-state index >= 15 is 0 Å². The molecule has 2 saturated heterocycles. The molecule has 1 N–H and O–H groups in total. The highest BCUT2D eigenvalue weighted by Gasteiger charge is 2.32. The monoisotopic (exact) mass is 241 g/mol. The molecule has 0 aliphatic carbocycles. The molecule has 2 aliphatic heterocycles. The van der Waals surface area contributed by atoms with Crippen LogP contribution >= 0.6 is 11.6 Å². The molecular formula is C11H13ClFN3. The van der Waals surface area contributed by atoms with E-state index < -0.39 is 5.95 Å². The predicted molar refractivity (Wildman–Crippen MR) is 61.4 cm³/mol. The number of anilines is 1. The minimum Gasteiger partial charge on any atom is -0.353 e. The van der Waals surface area contributed by atoms with Gasteiger partial charge in [0.05, 0.1) is 5.02 Å². The zero-order valence-corrected chi connectivity index (χ0v) is 9.54. The van der Waals surface area contributed by atoms with Crippen molar-refractivity contribution >= 4 is 17.4 Å². The van der Waals surface area contributed by atoms with Gasteiger partial charge in [0.15, 0.2) is 0 Å². The summed E-state index contributed by atoms with van der Waals surface area (Å²) in [5.74, 6) is 0.116. The number of aromatic nitrogens is 1. The Hall–Kier alpha value is -0.870. The molecule has 16 heavy (non-hydrogen) atoms. The number of piperazine rings is 1. The molecule has 2 fully saturated rings. The molecular weight excluding hydrogens is 229 g/mol. The van der Waals surface area contributed by atoms with Crippen LogP contribution in [-0.4, -0.2) is 30.2 Å². The molecule has 0 amide bonds. The minimum absolute atomic E-state index is 0.0851. The largest absolute Gasteiger partial charge is 0.353 e.